The van der Waals surface area contributed by atoms with Crippen LogP contribution in [0.1, 0.15) is 37.7 Å². The van der Waals surface area contributed by atoms with Crippen LogP contribution in [0.25, 0.3) is 0 Å². The van der Waals surface area contributed by atoms with Crippen LogP contribution in [0.15, 0.2) is 47.4 Å². The number of anilines is 2. The molecule has 0 radical (unpaired) electrons. The Hall–Kier alpha value is -2.19. The molecule has 0 unspecified atom stereocenters. The first-order valence-corrected chi connectivity index (χ1v) is 11.3. The number of amides is 2. The van der Waals surface area contributed by atoms with E-state index in [1.54, 1.807) is 24.3 Å². The van der Waals surface area contributed by atoms with E-state index in [1.165, 1.54) is 24.2 Å². The van der Waals surface area contributed by atoms with Gasteiger partial charge in [0.2, 0.25) is 11.8 Å². The second kappa shape index (κ2) is 10.4. The summed E-state index contributed by atoms with van der Waals surface area (Å²) in [6.07, 6.45) is 0.444. The number of nitrogens with one attached hydrogen (secondary N) is 2. The lowest BCUT2D eigenvalue weighted by molar-refractivity contribution is -0.137. The van der Waals surface area contributed by atoms with Gasteiger partial charge in [0, 0.05) is 21.5 Å². The average Bonchev–Trinajstić information content (AvgIpc) is 2.74. The van der Waals surface area contributed by atoms with Gasteiger partial charge in [0.05, 0.1) is 17.0 Å². The molecule has 0 aromatic heterocycles. The van der Waals surface area contributed by atoms with Gasteiger partial charge in [0.15, 0.2) is 0 Å². The van der Waals surface area contributed by atoms with E-state index in [1.807, 2.05) is 0 Å². The van der Waals surface area contributed by atoms with Gasteiger partial charge in [-0.3, -0.25) is 9.59 Å². The number of hydrogen-bond donors (Lipinski definition) is 2. The third-order valence-electron chi connectivity index (χ3n) is 5.01. The Morgan fingerprint density at radius 3 is 2.48 bits per heavy atom. The summed E-state index contributed by atoms with van der Waals surface area (Å²) in [4.78, 5) is 25.3. The Balaban J connectivity index is 1.57. The van der Waals surface area contributed by atoms with Gasteiger partial charge in [0.25, 0.3) is 0 Å². The van der Waals surface area contributed by atoms with Crippen molar-refractivity contribution in [3.8, 4) is 0 Å². The van der Waals surface area contributed by atoms with E-state index in [9.17, 15) is 22.8 Å². The molecule has 4 nitrogen and oxygen atoms in total. The molecule has 0 aliphatic heterocycles. The number of rotatable bonds is 6. The highest BCUT2D eigenvalue weighted by Gasteiger charge is 2.34. The number of carbonyl (C=O) groups is 2. The van der Waals surface area contributed by atoms with Crippen molar-refractivity contribution in [1.82, 2.24) is 0 Å². The van der Waals surface area contributed by atoms with Crippen molar-refractivity contribution in [3.05, 3.63) is 53.1 Å². The quantitative estimate of drug-likeness (QED) is 0.467. The summed E-state index contributed by atoms with van der Waals surface area (Å²) in [6.45, 7) is 0. The molecule has 3 rings (SSSR count). The Bertz CT molecular complexity index is 947. The normalized spacial score (nSPS) is 14.8. The molecule has 1 aliphatic rings. The van der Waals surface area contributed by atoms with E-state index < -0.39 is 17.6 Å². The van der Waals surface area contributed by atoms with Crippen LogP contribution in [-0.2, 0) is 15.8 Å². The van der Waals surface area contributed by atoms with Crippen molar-refractivity contribution in [2.24, 2.45) is 5.92 Å². The first-order valence-electron chi connectivity index (χ1n) is 9.93. The summed E-state index contributed by atoms with van der Waals surface area (Å²) >= 11 is 6.82. The van der Waals surface area contributed by atoms with Gasteiger partial charge in [-0.2, -0.15) is 13.2 Å². The molecule has 1 aliphatic carbocycles. The Morgan fingerprint density at radius 2 is 1.77 bits per heavy atom. The standard InChI is InChI=1S/C22H22ClF3N2O2S/c23-15-9-10-19(18(11-15)22(24,25)26)28-20(29)13-31-17-8-4-7-16(12-17)27-21(30)14-5-2-1-3-6-14/h4,7-12,14H,1-3,5-6,13H2,(H,27,30)(H,28,29). The molecule has 2 N–H and O–H groups in total. The van der Waals surface area contributed by atoms with Crippen LogP contribution in [0.3, 0.4) is 0 Å². The van der Waals surface area contributed by atoms with Gasteiger partial charge in [-0.25, -0.2) is 0 Å². The third kappa shape index (κ3) is 6.90. The van der Waals surface area contributed by atoms with Crippen LogP contribution in [0.5, 0.6) is 0 Å². The van der Waals surface area contributed by atoms with Crippen LogP contribution in [0.2, 0.25) is 5.02 Å². The first kappa shape index (κ1) is 23.5. The summed E-state index contributed by atoms with van der Waals surface area (Å²) < 4.78 is 39.5. The maximum Gasteiger partial charge on any atom is 0.418 e. The van der Waals surface area contributed by atoms with E-state index >= 15 is 0 Å². The minimum atomic E-state index is -4.63. The topological polar surface area (TPSA) is 58.2 Å². The Morgan fingerprint density at radius 1 is 1.03 bits per heavy atom. The summed E-state index contributed by atoms with van der Waals surface area (Å²) in [5.41, 5.74) is -0.695. The lowest BCUT2D eigenvalue weighted by Crippen LogP contribution is -2.24. The number of benzene rings is 2. The Labute approximate surface area is 187 Å². The van der Waals surface area contributed by atoms with Crippen molar-refractivity contribution in [2.75, 3.05) is 16.4 Å². The zero-order valence-corrected chi connectivity index (χ0v) is 18.2. The van der Waals surface area contributed by atoms with E-state index in [-0.39, 0.29) is 28.3 Å². The molecule has 2 aromatic rings. The molecular weight excluding hydrogens is 449 g/mol. The Kier molecular flexibility index (Phi) is 7.89. The summed E-state index contributed by atoms with van der Waals surface area (Å²) in [6, 6.07) is 10.3. The largest absolute Gasteiger partial charge is 0.418 e. The van der Waals surface area contributed by atoms with Crippen molar-refractivity contribution >= 4 is 46.6 Å². The third-order valence-corrected chi connectivity index (χ3v) is 6.24. The first-order chi connectivity index (χ1) is 14.7. The maximum atomic E-state index is 13.2. The van der Waals surface area contributed by atoms with Gasteiger partial charge in [-0.05, 0) is 49.2 Å². The molecule has 0 heterocycles. The van der Waals surface area contributed by atoms with Gasteiger partial charge in [0.1, 0.15) is 0 Å². The predicted molar refractivity (Wildman–Crippen MR) is 117 cm³/mol. The summed E-state index contributed by atoms with van der Waals surface area (Å²) in [5.74, 6) is -0.630. The van der Waals surface area contributed by atoms with E-state index in [2.05, 4.69) is 10.6 Å². The molecule has 0 spiro atoms. The minimum Gasteiger partial charge on any atom is -0.326 e. The molecule has 0 saturated heterocycles. The molecule has 2 aromatic carbocycles. The molecule has 1 fully saturated rings. The number of alkyl halides is 3. The molecule has 2 amide bonds. The monoisotopic (exact) mass is 470 g/mol. The molecule has 0 bridgehead atoms. The lowest BCUT2D eigenvalue weighted by Gasteiger charge is -2.20. The highest BCUT2D eigenvalue weighted by Crippen LogP contribution is 2.36. The number of carbonyl (C=O) groups excluding carboxylic acids is 2. The van der Waals surface area contributed by atoms with E-state index in [4.69, 9.17) is 11.6 Å². The van der Waals surface area contributed by atoms with Gasteiger partial charge in [-0.15, -0.1) is 11.8 Å². The molecular formula is C22H22ClF3N2O2S. The highest BCUT2D eigenvalue weighted by molar-refractivity contribution is 8.00. The lowest BCUT2D eigenvalue weighted by atomic mass is 9.88. The van der Waals surface area contributed by atoms with Crippen molar-refractivity contribution in [3.63, 3.8) is 0 Å². The zero-order chi connectivity index (χ0) is 22.4. The van der Waals surface area contributed by atoms with Crippen LogP contribution >= 0.6 is 23.4 Å². The average molecular weight is 471 g/mol. The second-order valence-corrected chi connectivity index (χ2v) is 8.86. The van der Waals surface area contributed by atoms with E-state index in [0.717, 1.165) is 42.7 Å². The minimum absolute atomic E-state index is 0.00186. The van der Waals surface area contributed by atoms with Crippen LogP contribution in [0, 0.1) is 5.92 Å². The molecule has 0 atom stereocenters. The SMILES string of the molecule is O=C(CSc1cccc(NC(=O)C2CCCCC2)c1)Nc1ccc(Cl)cc1C(F)(F)F. The number of thioether (sulfide) groups is 1. The second-order valence-electron chi connectivity index (χ2n) is 7.38. The van der Waals surface area contributed by atoms with Gasteiger partial charge >= 0.3 is 6.18 Å². The van der Waals surface area contributed by atoms with Crippen molar-refractivity contribution in [1.29, 1.82) is 0 Å². The van der Waals surface area contributed by atoms with Crippen LogP contribution in [0.4, 0.5) is 24.5 Å². The number of halogens is 4. The fourth-order valence-corrected chi connectivity index (χ4v) is 4.40. The van der Waals surface area contributed by atoms with E-state index in [0.29, 0.717) is 5.69 Å². The highest BCUT2D eigenvalue weighted by atomic mass is 35.5. The fourth-order valence-electron chi connectivity index (χ4n) is 3.47. The smallest absolute Gasteiger partial charge is 0.326 e. The van der Waals surface area contributed by atoms with Crippen molar-refractivity contribution < 1.29 is 22.8 Å². The van der Waals surface area contributed by atoms with Gasteiger partial charge < -0.3 is 10.6 Å². The molecule has 1 saturated carbocycles. The molecule has 166 valence electrons. The molecule has 9 heteroatoms. The summed E-state index contributed by atoms with van der Waals surface area (Å²) in [7, 11) is 0. The molecule has 31 heavy (non-hydrogen) atoms. The van der Waals surface area contributed by atoms with Gasteiger partial charge in [-0.1, -0.05) is 36.9 Å². The van der Waals surface area contributed by atoms with Crippen molar-refractivity contribution in [2.45, 2.75) is 43.2 Å². The zero-order valence-electron chi connectivity index (χ0n) is 16.6. The predicted octanol–water partition coefficient (Wildman–Crippen LogP) is 6.61. The summed E-state index contributed by atoms with van der Waals surface area (Å²) in [5, 5.41) is 5.15. The maximum absolute atomic E-state index is 13.2. The van der Waals surface area contributed by atoms with Crippen LogP contribution in [-0.4, -0.2) is 17.6 Å². The number of hydrogen-bond acceptors (Lipinski definition) is 3. The van der Waals surface area contributed by atoms with Crippen LogP contribution < -0.4 is 10.6 Å². The fraction of sp³-hybridized carbons (Fsp3) is 0.364.